The first kappa shape index (κ1) is 42.3. The van der Waals surface area contributed by atoms with Crippen LogP contribution in [0.2, 0.25) is 0 Å². The lowest BCUT2D eigenvalue weighted by molar-refractivity contribution is -0.0685. The van der Waals surface area contributed by atoms with Crippen molar-refractivity contribution >= 4 is 73.1 Å². The van der Waals surface area contributed by atoms with Crippen LogP contribution in [0.3, 0.4) is 0 Å². The molecule has 6 aromatic heterocycles. The minimum Gasteiger partial charge on any atom is -0.386 e. The van der Waals surface area contributed by atoms with Gasteiger partial charge in [0.05, 0.1) is 29.2 Å². The summed E-state index contributed by atoms with van der Waals surface area (Å²) < 4.78 is 62.6. The van der Waals surface area contributed by atoms with Gasteiger partial charge in [-0.25, -0.2) is 27.9 Å². The van der Waals surface area contributed by atoms with Gasteiger partial charge in [-0.1, -0.05) is 84.2 Å². The second-order valence-electron chi connectivity index (χ2n) is 15.7. The Morgan fingerprint density at radius 2 is 1.08 bits per heavy atom. The summed E-state index contributed by atoms with van der Waals surface area (Å²) in [5, 5.41) is 23.6. The smallest absolute Gasteiger partial charge is 0.386 e. The number of H-pyrrole nitrogens is 2. The van der Waals surface area contributed by atoms with E-state index >= 15 is 0 Å². The molecule has 2 aromatic carbocycles. The number of thioether (sulfide) groups is 2. The molecule has 4 aliphatic heterocycles. The van der Waals surface area contributed by atoms with Crippen molar-refractivity contribution in [2.75, 3.05) is 13.2 Å². The molecule has 24 nitrogen and oxygen atoms in total. The van der Waals surface area contributed by atoms with E-state index in [4.69, 9.17) is 47.5 Å². The third kappa shape index (κ3) is 6.94. The van der Waals surface area contributed by atoms with E-state index in [0.717, 1.165) is 34.7 Å². The van der Waals surface area contributed by atoms with E-state index in [9.17, 15) is 38.7 Å². The quantitative estimate of drug-likeness (QED) is 0.0724. The number of phosphoric acid groups is 2. The number of nitrogens with one attached hydrogen (secondary N) is 2. The van der Waals surface area contributed by atoms with Gasteiger partial charge < -0.3 is 39.4 Å². The summed E-state index contributed by atoms with van der Waals surface area (Å²) in [6, 6.07) is 18.6. The van der Waals surface area contributed by atoms with Gasteiger partial charge in [-0.3, -0.25) is 36.8 Å². The number of aliphatic hydroxyl groups is 2. The van der Waals surface area contributed by atoms with Gasteiger partial charge >= 0.3 is 15.6 Å². The van der Waals surface area contributed by atoms with Gasteiger partial charge in [0.15, 0.2) is 45.1 Å². The summed E-state index contributed by atoms with van der Waals surface area (Å²) in [7, 11) is -9.04. The summed E-state index contributed by atoms with van der Waals surface area (Å²) in [5.41, 5.74) is 1.51. The fraction of sp³-hybridized carbons (Fsp3) is 0.316. The van der Waals surface area contributed by atoms with Crippen molar-refractivity contribution in [1.82, 2.24) is 47.8 Å². The molecule has 6 N–H and O–H groups in total. The van der Waals surface area contributed by atoms with E-state index in [1.165, 1.54) is 17.9 Å². The SMILES string of the molecule is CC(Sc1nc2c(=O)n3cc(-c4ccccc4)[nH]c3nc2n1[C@@H]1OC2COP(=O)(O)O[C@H]2C1O)Sc1nc2c(=O)n3cc(-c4ccccc4)[nH]c3nc2n1[C@@H]1OC2COP(=O)(O)O[C@H]2[C@@H]1O. The largest absolute Gasteiger partial charge is 0.472 e. The number of imidazole rings is 4. The number of hydrogen-bond acceptors (Lipinski definition) is 18. The third-order valence-corrected chi connectivity index (χ3v) is 15.8. The highest BCUT2D eigenvalue weighted by Gasteiger charge is 2.55. The van der Waals surface area contributed by atoms with Crippen molar-refractivity contribution in [1.29, 1.82) is 0 Å². The van der Waals surface area contributed by atoms with Gasteiger partial charge in [-0.15, -0.1) is 0 Å². The normalized spacial score (nSPS) is 30.4. The number of aromatic nitrogens is 10. The molecule has 10 heterocycles. The average Bonchev–Trinajstić information content (AvgIpc) is 4.16. The molecule has 6 unspecified atom stereocenters. The molecule has 12 rings (SSSR count). The van der Waals surface area contributed by atoms with E-state index in [2.05, 4.69) is 9.97 Å². The molecule has 0 bridgehead atoms. The topological polar surface area (TPSA) is 306 Å². The van der Waals surface area contributed by atoms with Crippen LogP contribution in [0, 0.1) is 0 Å². The van der Waals surface area contributed by atoms with E-state index in [1.807, 2.05) is 60.7 Å². The van der Waals surface area contributed by atoms with Gasteiger partial charge in [0, 0.05) is 12.4 Å². The van der Waals surface area contributed by atoms with Gasteiger partial charge in [0.2, 0.25) is 11.6 Å². The number of fused-ring (bicyclic) bond motifs is 6. The summed E-state index contributed by atoms with van der Waals surface area (Å²) in [6.45, 7) is 1.02. The number of aromatic amines is 2. The molecular formula is C38H34N10O14P2S2. The monoisotopic (exact) mass is 980 g/mol. The molecule has 0 saturated carbocycles. The van der Waals surface area contributed by atoms with Crippen molar-refractivity contribution in [3.8, 4) is 22.5 Å². The highest BCUT2D eigenvalue weighted by molar-refractivity contribution is 8.16. The molecule has 0 radical (unpaired) electrons. The van der Waals surface area contributed by atoms with E-state index in [0.29, 0.717) is 11.4 Å². The van der Waals surface area contributed by atoms with Gasteiger partial charge in [0.1, 0.15) is 36.6 Å². The Morgan fingerprint density at radius 3 is 1.48 bits per heavy atom. The van der Waals surface area contributed by atoms with Crippen molar-refractivity contribution in [2.45, 2.75) is 70.9 Å². The predicted molar refractivity (Wildman–Crippen MR) is 231 cm³/mol. The maximum atomic E-state index is 14.2. The zero-order valence-electron chi connectivity index (χ0n) is 33.7. The van der Waals surface area contributed by atoms with Crippen LogP contribution in [0.4, 0.5) is 0 Å². The Bertz CT molecular complexity index is 3250. The molecule has 4 saturated heterocycles. The van der Waals surface area contributed by atoms with Crippen LogP contribution in [0.1, 0.15) is 19.4 Å². The van der Waals surface area contributed by atoms with E-state index in [1.54, 1.807) is 19.3 Å². The van der Waals surface area contributed by atoms with Crippen LogP contribution >= 0.6 is 39.2 Å². The first-order valence-corrected chi connectivity index (χ1v) is 24.9. The molecule has 11 atom stereocenters. The first-order chi connectivity index (χ1) is 31.7. The lowest BCUT2D eigenvalue weighted by atomic mass is 10.1. The van der Waals surface area contributed by atoms with Crippen LogP contribution < -0.4 is 11.1 Å². The maximum absolute atomic E-state index is 14.2. The van der Waals surface area contributed by atoms with E-state index in [-0.39, 0.29) is 57.4 Å². The Labute approximate surface area is 376 Å². The molecule has 8 aromatic rings. The molecule has 66 heavy (non-hydrogen) atoms. The Hall–Kier alpha value is -5.02. The minimum absolute atomic E-state index is 0.0137. The van der Waals surface area contributed by atoms with Crippen molar-refractivity contribution in [2.24, 2.45) is 0 Å². The lowest BCUT2D eigenvalue weighted by Gasteiger charge is -2.27. The zero-order valence-corrected chi connectivity index (χ0v) is 37.1. The van der Waals surface area contributed by atoms with Crippen LogP contribution in [-0.4, -0.2) is 122 Å². The van der Waals surface area contributed by atoms with Crippen LogP contribution in [-0.2, 0) is 36.7 Å². The summed E-state index contributed by atoms with van der Waals surface area (Å²) in [6.07, 6.45) is -7.20. The summed E-state index contributed by atoms with van der Waals surface area (Å²) >= 11 is 2.18. The Morgan fingerprint density at radius 1 is 0.667 bits per heavy atom. The number of nitrogens with zero attached hydrogens (tertiary/aromatic N) is 8. The van der Waals surface area contributed by atoms with Crippen molar-refractivity contribution < 1.29 is 56.7 Å². The fourth-order valence-corrected chi connectivity index (χ4v) is 12.7. The second-order valence-corrected chi connectivity index (χ2v) is 21.5. The van der Waals surface area contributed by atoms with E-state index < -0.39 is 80.4 Å². The Kier molecular flexibility index (Phi) is 9.95. The average molecular weight is 981 g/mol. The number of hydrogen-bond donors (Lipinski definition) is 6. The standard InChI is InChI=1S/C38H34N10O14P2S2/c1-16(65-37-41-23-29(47(37)33-25(49)27-21(59-33)14-57-63(53,54)61-27)43-35-39-19(12-45(35)31(23)51)17-8-4-2-5-9-17)66-38-42-24-30(48(38)34-26(50)28-22(60-34)15-58-64(55,56)62-28)44-36-40-20(13-46(36)32(24)52)18-10-6-3-7-11-18/h2-13,16,21-22,25-28,33-34,49-50H,14-15H2,1H3,(H,39,43)(H,40,44)(H,53,54)(H,55,56)/t16?,21?,22?,25-,26?,27+,28+,33+,34+/m0/s1. The van der Waals surface area contributed by atoms with Crippen LogP contribution in [0.15, 0.2) is 93.0 Å². The number of aliphatic hydroxyl groups excluding tert-OH is 2. The molecule has 342 valence electrons. The second kappa shape index (κ2) is 15.5. The number of rotatable bonds is 8. The predicted octanol–water partition coefficient (Wildman–Crippen LogP) is 3.17. The van der Waals surface area contributed by atoms with Gasteiger partial charge in [-0.2, -0.15) is 9.97 Å². The molecule has 4 fully saturated rings. The summed E-state index contributed by atoms with van der Waals surface area (Å²) in [4.78, 5) is 74.1. The molecule has 0 spiro atoms. The molecule has 4 aliphatic rings. The summed E-state index contributed by atoms with van der Waals surface area (Å²) in [5.74, 6) is 0.302. The maximum Gasteiger partial charge on any atom is 0.472 e. The van der Waals surface area contributed by atoms with Crippen LogP contribution in [0.5, 0.6) is 0 Å². The lowest BCUT2D eigenvalue weighted by Crippen LogP contribution is -2.39. The molecule has 0 aliphatic carbocycles. The number of benzene rings is 2. The molecule has 0 amide bonds. The number of ether oxygens (including phenoxy) is 2. The third-order valence-electron chi connectivity index (χ3n) is 11.6. The Balaban J connectivity index is 0.958. The van der Waals surface area contributed by atoms with Crippen molar-refractivity contribution in [3.05, 3.63) is 93.8 Å². The highest BCUT2D eigenvalue weighted by atomic mass is 32.2. The zero-order chi connectivity index (χ0) is 45.4. The van der Waals surface area contributed by atoms with Crippen molar-refractivity contribution in [3.63, 3.8) is 0 Å². The molecule has 28 heteroatoms. The first-order valence-electron chi connectivity index (χ1n) is 20.2. The van der Waals surface area contributed by atoms with Gasteiger partial charge in [-0.05, 0) is 18.1 Å². The number of phosphoric ester groups is 2. The highest BCUT2D eigenvalue weighted by Crippen LogP contribution is 2.55. The fourth-order valence-electron chi connectivity index (χ4n) is 8.59. The molecular weight excluding hydrogens is 947 g/mol. The minimum atomic E-state index is -4.52. The van der Waals surface area contributed by atoms with Crippen LogP contribution in [0.25, 0.3) is 56.4 Å². The van der Waals surface area contributed by atoms with Gasteiger partial charge in [0.25, 0.3) is 11.1 Å².